The fourth-order valence-electron chi connectivity index (χ4n) is 3.42. The molecule has 4 rings (SSSR count). The summed E-state index contributed by atoms with van der Waals surface area (Å²) in [5, 5.41) is 4.20. The Bertz CT molecular complexity index is 945. The van der Waals surface area contributed by atoms with Gasteiger partial charge in [-0.25, -0.2) is 4.98 Å². The first-order chi connectivity index (χ1) is 13.2. The van der Waals surface area contributed by atoms with E-state index in [0.717, 1.165) is 13.0 Å². The van der Waals surface area contributed by atoms with Crippen molar-refractivity contribution in [1.29, 1.82) is 0 Å². The number of pyridine rings is 1. The van der Waals surface area contributed by atoms with Crippen molar-refractivity contribution in [1.82, 2.24) is 14.9 Å². The van der Waals surface area contributed by atoms with Crippen molar-refractivity contribution in [2.45, 2.75) is 26.0 Å². The predicted octanol–water partition coefficient (Wildman–Crippen LogP) is 2.94. The molecule has 1 aliphatic rings. The second-order valence-electron chi connectivity index (χ2n) is 6.74. The number of para-hydroxylation sites is 1. The highest BCUT2D eigenvalue weighted by atomic mass is 16.5. The summed E-state index contributed by atoms with van der Waals surface area (Å²) in [6, 6.07) is 13.8. The Balaban J connectivity index is 1.37. The van der Waals surface area contributed by atoms with Crippen LogP contribution in [-0.2, 0) is 11.3 Å². The second kappa shape index (κ2) is 7.80. The maximum atomic E-state index is 12.5. The molecule has 1 aliphatic heterocycles. The number of carbonyl (C=O) groups excluding carboxylic acids is 1. The van der Waals surface area contributed by atoms with Crippen LogP contribution in [0.2, 0.25) is 0 Å². The molecule has 0 saturated carbocycles. The van der Waals surface area contributed by atoms with Gasteiger partial charge in [0.15, 0.2) is 0 Å². The molecule has 1 saturated heterocycles. The molecular formula is C21H23N3O3. The number of hydrogen-bond donors (Lipinski definition) is 1. The normalized spacial score (nSPS) is 16.6. The summed E-state index contributed by atoms with van der Waals surface area (Å²) in [7, 11) is 0. The minimum absolute atomic E-state index is 0.0146. The van der Waals surface area contributed by atoms with Crippen molar-refractivity contribution in [3.8, 4) is 5.88 Å². The molecule has 0 unspecified atom stereocenters. The molecule has 0 spiro atoms. The number of aromatic nitrogens is 2. The minimum atomic E-state index is -0.126. The van der Waals surface area contributed by atoms with E-state index in [1.807, 2.05) is 12.1 Å². The summed E-state index contributed by atoms with van der Waals surface area (Å²) < 4.78 is 13.3. The highest BCUT2D eigenvalue weighted by Crippen LogP contribution is 2.19. The molecule has 3 heterocycles. The van der Waals surface area contributed by atoms with E-state index >= 15 is 0 Å². The van der Waals surface area contributed by atoms with Gasteiger partial charge in [0.25, 0.3) is 5.91 Å². The van der Waals surface area contributed by atoms with Crippen molar-refractivity contribution < 1.29 is 14.3 Å². The average Bonchev–Trinajstić information content (AvgIpc) is 3.29. The quantitative estimate of drug-likeness (QED) is 0.729. The summed E-state index contributed by atoms with van der Waals surface area (Å²) in [6.07, 6.45) is 2.46. The summed E-state index contributed by atoms with van der Waals surface area (Å²) >= 11 is 0. The number of nitrogens with zero attached hydrogens (tertiary/aromatic N) is 2. The monoisotopic (exact) mass is 365 g/mol. The van der Waals surface area contributed by atoms with Gasteiger partial charge in [0, 0.05) is 48.5 Å². The Kier molecular flexibility index (Phi) is 5.07. The van der Waals surface area contributed by atoms with E-state index in [2.05, 4.69) is 40.0 Å². The van der Waals surface area contributed by atoms with Crippen LogP contribution in [0, 0.1) is 6.92 Å². The van der Waals surface area contributed by atoms with Crippen molar-refractivity contribution >= 4 is 16.8 Å². The highest BCUT2D eigenvalue weighted by molar-refractivity contribution is 5.94. The highest BCUT2D eigenvalue weighted by Gasteiger charge is 2.18. The number of amides is 1. The second-order valence-corrected chi connectivity index (χ2v) is 6.74. The molecule has 1 fully saturated rings. The number of fused-ring (bicyclic) bond motifs is 1. The molecule has 3 aromatic rings. The van der Waals surface area contributed by atoms with Gasteiger partial charge in [-0.1, -0.05) is 18.2 Å². The average molecular weight is 365 g/mol. The molecule has 0 radical (unpaired) electrons. The van der Waals surface area contributed by atoms with Gasteiger partial charge in [0.2, 0.25) is 5.88 Å². The molecule has 1 amide bonds. The minimum Gasteiger partial charge on any atom is -0.472 e. The van der Waals surface area contributed by atoms with Crippen LogP contribution in [0.3, 0.4) is 0 Å². The van der Waals surface area contributed by atoms with E-state index in [0.29, 0.717) is 31.2 Å². The zero-order valence-corrected chi connectivity index (χ0v) is 15.4. The largest absolute Gasteiger partial charge is 0.472 e. The maximum absolute atomic E-state index is 12.5. The Morgan fingerprint density at radius 2 is 2.22 bits per heavy atom. The first-order valence-electron chi connectivity index (χ1n) is 9.24. The zero-order chi connectivity index (χ0) is 18.6. The molecule has 0 bridgehead atoms. The van der Waals surface area contributed by atoms with Gasteiger partial charge in [-0.15, -0.1) is 0 Å². The molecule has 140 valence electrons. The van der Waals surface area contributed by atoms with Gasteiger partial charge in [-0.2, -0.15) is 0 Å². The third-order valence-corrected chi connectivity index (χ3v) is 4.81. The van der Waals surface area contributed by atoms with E-state index in [-0.39, 0.29) is 12.0 Å². The molecule has 1 atom stereocenters. The van der Waals surface area contributed by atoms with E-state index < -0.39 is 0 Å². The van der Waals surface area contributed by atoms with Crippen LogP contribution in [0.4, 0.5) is 0 Å². The lowest BCUT2D eigenvalue weighted by atomic mass is 10.2. The topological polar surface area (TPSA) is 65.4 Å². The standard InChI is InChI=1S/C21H23N3O3/c1-15-12-16-4-2-3-5-19(16)24(15)10-9-23-21(25)17-6-8-22-20(13-17)27-18-7-11-26-14-18/h2-6,8,12-13,18H,7,9-11,14H2,1H3,(H,23,25)/t18-/m0/s1. The van der Waals surface area contributed by atoms with E-state index in [9.17, 15) is 4.79 Å². The van der Waals surface area contributed by atoms with Gasteiger partial charge < -0.3 is 19.4 Å². The fourth-order valence-corrected chi connectivity index (χ4v) is 3.42. The lowest BCUT2D eigenvalue weighted by molar-refractivity contribution is 0.0950. The molecule has 1 aromatic carbocycles. The van der Waals surface area contributed by atoms with Gasteiger partial charge in [0.05, 0.1) is 13.2 Å². The fraction of sp³-hybridized carbons (Fsp3) is 0.333. The molecule has 2 aromatic heterocycles. The third-order valence-electron chi connectivity index (χ3n) is 4.81. The van der Waals surface area contributed by atoms with Crippen molar-refractivity contribution in [3.63, 3.8) is 0 Å². The summed E-state index contributed by atoms with van der Waals surface area (Å²) in [6.45, 7) is 4.63. The van der Waals surface area contributed by atoms with Gasteiger partial charge in [-0.05, 0) is 30.5 Å². The van der Waals surface area contributed by atoms with Gasteiger partial charge in [-0.3, -0.25) is 4.79 Å². The van der Waals surface area contributed by atoms with Crippen LogP contribution in [0.25, 0.3) is 10.9 Å². The lowest BCUT2D eigenvalue weighted by Gasteiger charge is -2.12. The Morgan fingerprint density at radius 3 is 3.07 bits per heavy atom. The molecule has 6 nitrogen and oxygen atoms in total. The van der Waals surface area contributed by atoms with Crippen LogP contribution < -0.4 is 10.1 Å². The predicted molar refractivity (Wildman–Crippen MR) is 103 cm³/mol. The Hall–Kier alpha value is -2.86. The van der Waals surface area contributed by atoms with Crippen LogP contribution >= 0.6 is 0 Å². The van der Waals surface area contributed by atoms with Crippen molar-refractivity contribution in [2.75, 3.05) is 19.8 Å². The molecule has 6 heteroatoms. The SMILES string of the molecule is Cc1cc2ccccc2n1CCNC(=O)c1ccnc(O[C@H]2CCOC2)c1. The molecule has 1 N–H and O–H groups in total. The van der Waals surface area contributed by atoms with E-state index in [1.165, 1.54) is 16.6 Å². The van der Waals surface area contributed by atoms with Crippen LogP contribution in [0.15, 0.2) is 48.7 Å². The smallest absolute Gasteiger partial charge is 0.251 e. The van der Waals surface area contributed by atoms with Gasteiger partial charge in [0.1, 0.15) is 6.10 Å². The maximum Gasteiger partial charge on any atom is 0.251 e. The van der Waals surface area contributed by atoms with Crippen molar-refractivity contribution in [2.24, 2.45) is 0 Å². The van der Waals surface area contributed by atoms with Crippen molar-refractivity contribution in [3.05, 3.63) is 59.9 Å². The van der Waals surface area contributed by atoms with Crippen LogP contribution in [0.1, 0.15) is 22.5 Å². The van der Waals surface area contributed by atoms with Crippen LogP contribution in [0.5, 0.6) is 5.88 Å². The first kappa shape index (κ1) is 17.5. The number of ether oxygens (including phenoxy) is 2. The van der Waals surface area contributed by atoms with E-state index in [4.69, 9.17) is 9.47 Å². The number of hydrogen-bond acceptors (Lipinski definition) is 4. The molecular weight excluding hydrogens is 342 g/mol. The Morgan fingerprint density at radius 1 is 1.33 bits per heavy atom. The van der Waals surface area contributed by atoms with Gasteiger partial charge >= 0.3 is 0 Å². The lowest BCUT2D eigenvalue weighted by Crippen LogP contribution is -2.27. The number of aryl methyl sites for hydroxylation is 1. The third kappa shape index (κ3) is 3.95. The zero-order valence-electron chi connectivity index (χ0n) is 15.4. The molecule has 27 heavy (non-hydrogen) atoms. The Labute approximate surface area is 158 Å². The molecule has 0 aliphatic carbocycles. The van der Waals surface area contributed by atoms with Crippen LogP contribution in [-0.4, -0.2) is 41.3 Å². The summed E-state index contributed by atoms with van der Waals surface area (Å²) in [5.41, 5.74) is 2.92. The number of nitrogens with one attached hydrogen (secondary N) is 1. The number of rotatable bonds is 6. The van der Waals surface area contributed by atoms with E-state index in [1.54, 1.807) is 18.3 Å². The number of carbonyl (C=O) groups is 1. The number of benzene rings is 1. The first-order valence-corrected chi connectivity index (χ1v) is 9.24. The summed E-state index contributed by atoms with van der Waals surface area (Å²) in [4.78, 5) is 16.7. The summed E-state index contributed by atoms with van der Waals surface area (Å²) in [5.74, 6) is 0.337.